The van der Waals surface area contributed by atoms with Gasteiger partial charge in [0.25, 0.3) is 0 Å². The summed E-state index contributed by atoms with van der Waals surface area (Å²) in [6, 6.07) is 18.1. The molecule has 0 atom stereocenters. The minimum atomic E-state index is -0.148. The van der Waals surface area contributed by atoms with E-state index in [1.54, 1.807) is 0 Å². The van der Waals surface area contributed by atoms with Gasteiger partial charge in [-0.25, -0.2) is 4.98 Å². The van der Waals surface area contributed by atoms with Crippen molar-refractivity contribution >= 4 is 22.5 Å². The average molecular weight is 419 g/mol. The predicted octanol–water partition coefficient (Wildman–Crippen LogP) is 5.24. The normalized spacial score (nSPS) is 11.1. The summed E-state index contributed by atoms with van der Waals surface area (Å²) in [6.45, 7) is 2.57. The van der Waals surface area contributed by atoms with E-state index in [9.17, 15) is 10.4 Å². The average Bonchev–Trinajstić information content (AvgIpc) is 3.33. The Labute approximate surface area is 180 Å². The van der Waals surface area contributed by atoms with Crippen molar-refractivity contribution in [1.82, 2.24) is 14.1 Å². The molecule has 0 unspecified atom stereocenters. The SMILES string of the molecule is CCCCc1nc(Cl)c(CO)n1Cc1cccc2c1ccn2-c1ccccc1C#N. The van der Waals surface area contributed by atoms with Gasteiger partial charge in [0.05, 0.1) is 29.1 Å². The van der Waals surface area contributed by atoms with Crippen molar-refractivity contribution in [2.45, 2.75) is 39.3 Å². The third-order valence-corrected chi connectivity index (χ3v) is 5.74. The molecule has 30 heavy (non-hydrogen) atoms. The number of unbranched alkanes of at least 4 members (excludes halogenated alkanes) is 1. The fraction of sp³-hybridized carbons (Fsp3) is 0.250. The van der Waals surface area contributed by atoms with E-state index in [2.05, 4.69) is 36.2 Å². The Morgan fingerprint density at radius 3 is 2.73 bits per heavy atom. The molecule has 4 aromatic rings. The Balaban J connectivity index is 1.79. The second-order valence-corrected chi connectivity index (χ2v) is 7.64. The number of aliphatic hydroxyl groups excluding tert-OH is 1. The summed E-state index contributed by atoms with van der Waals surface area (Å²) in [6.07, 6.45) is 4.90. The van der Waals surface area contributed by atoms with Crippen LogP contribution in [0.4, 0.5) is 0 Å². The molecule has 6 heteroatoms. The van der Waals surface area contributed by atoms with Crippen LogP contribution in [0.3, 0.4) is 0 Å². The molecule has 152 valence electrons. The van der Waals surface area contributed by atoms with Crippen molar-refractivity contribution in [1.29, 1.82) is 5.26 Å². The van der Waals surface area contributed by atoms with E-state index in [0.717, 1.165) is 47.2 Å². The zero-order valence-corrected chi connectivity index (χ0v) is 17.6. The lowest BCUT2D eigenvalue weighted by Gasteiger charge is -2.13. The van der Waals surface area contributed by atoms with Crippen LogP contribution in [-0.2, 0) is 19.6 Å². The van der Waals surface area contributed by atoms with Crippen LogP contribution >= 0.6 is 11.6 Å². The minimum absolute atomic E-state index is 0.148. The van der Waals surface area contributed by atoms with Crippen molar-refractivity contribution in [3.05, 3.63) is 82.5 Å². The molecular weight excluding hydrogens is 396 g/mol. The van der Waals surface area contributed by atoms with Crippen molar-refractivity contribution < 1.29 is 5.11 Å². The summed E-state index contributed by atoms with van der Waals surface area (Å²) >= 11 is 6.30. The third-order valence-electron chi connectivity index (χ3n) is 5.44. The predicted molar refractivity (Wildman–Crippen MR) is 119 cm³/mol. The second-order valence-electron chi connectivity index (χ2n) is 7.28. The van der Waals surface area contributed by atoms with Gasteiger partial charge in [0, 0.05) is 24.5 Å². The lowest BCUT2D eigenvalue weighted by molar-refractivity contribution is 0.271. The molecule has 2 aromatic carbocycles. The Morgan fingerprint density at radius 1 is 1.13 bits per heavy atom. The largest absolute Gasteiger partial charge is 0.390 e. The van der Waals surface area contributed by atoms with Gasteiger partial charge in [0.2, 0.25) is 0 Å². The van der Waals surface area contributed by atoms with Crippen LogP contribution < -0.4 is 0 Å². The van der Waals surface area contributed by atoms with Gasteiger partial charge in [-0.1, -0.05) is 49.2 Å². The Hall–Kier alpha value is -3.07. The molecule has 0 saturated carbocycles. The van der Waals surface area contributed by atoms with Crippen LogP contribution in [-0.4, -0.2) is 19.2 Å². The first-order chi connectivity index (χ1) is 14.7. The number of benzene rings is 2. The summed E-state index contributed by atoms with van der Waals surface area (Å²) in [5.74, 6) is 0.900. The topological polar surface area (TPSA) is 66.8 Å². The zero-order valence-electron chi connectivity index (χ0n) is 16.8. The van der Waals surface area contributed by atoms with Gasteiger partial charge >= 0.3 is 0 Å². The molecule has 0 aliphatic rings. The van der Waals surface area contributed by atoms with E-state index >= 15 is 0 Å². The van der Waals surface area contributed by atoms with Crippen molar-refractivity contribution in [2.24, 2.45) is 0 Å². The maximum Gasteiger partial charge on any atom is 0.152 e. The van der Waals surface area contributed by atoms with Crippen LogP contribution in [0.1, 0.15) is 42.4 Å². The van der Waals surface area contributed by atoms with Crippen LogP contribution in [0.15, 0.2) is 54.7 Å². The van der Waals surface area contributed by atoms with Crippen LogP contribution in [0.5, 0.6) is 0 Å². The highest BCUT2D eigenvalue weighted by Crippen LogP contribution is 2.28. The molecule has 1 N–H and O–H groups in total. The summed E-state index contributed by atoms with van der Waals surface area (Å²) < 4.78 is 4.08. The van der Waals surface area contributed by atoms with E-state index in [1.807, 2.05) is 45.7 Å². The van der Waals surface area contributed by atoms with Crippen LogP contribution in [0.25, 0.3) is 16.6 Å². The van der Waals surface area contributed by atoms with Crippen LogP contribution in [0.2, 0.25) is 5.15 Å². The number of aromatic nitrogens is 3. The molecule has 0 aliphatic carbocycles. The van der Waals surface area contributed by atoms with Crippen molar-refractivity contribution in [3.8, 4) is 11.8 Å². The van der Waals surface area contributed by atoms with Gasteiger partial charge in [-0.3, -0.25) is 0 Å². The number of aliphatic hydroxyl groups is 1. The van der Waals surface area contributed by atoms with E-state index in [1.165, 1.54) is 0 Å². The van der Waals surface area contributed by atoms with Crippen LogP contribution in [0, 0.1) is 11.3 Å². The first-order valence-electron chi connectivity index (χ1n) is 10.1. The van der Waals surface area contributed by atoms with Gasteiger partial charge in [0.1, 0.15) is 11.9 Å². The standard InChI is InChI=1S/C24H23ClN4O/c1-2-3-11-23-27-24(25)22(16-30)29(23)15-18-8-6-10-21-19(18)12-13-28(21)20-9-5-4-7-17(20)14-26/h4-10,12-13,30H,2-3,11,15-16H2,1H3. The van der Waals surface area contributed by atoms with Crippen molar-refractivity contribution in [3.63, 3.8) is 0 Å². The number of rotatable bonds is 7. The molecule has 0 radical (unpaired) electrons. The van der Waals surface area contributed by atoms with Gasteiger partial charge in [-0.2, -0.15) is 5.26 Å². The number of para-hydroxylation sites is 1. The monoisotopic (exact) mass is 418 g/mol. The number of hydrogen-bond acceptors (Lipinski definition) is 3. The number of fused-ring (bicyclic) bond motifs is 1. The molecule has 4 rings (SSSR count). The second kappa shape index (κ2) is 8.74. The first kappa shape index (κ1) is 20.2. The number of halogens is 1. The quantitative estimate of drug-likeness (QED) is 0.446. The number of imidazole rings is 1. The molecule has 2 heterocycles. The highest BCUT2D eigenvalue weighted by atomic mass is 35.5. The molecule has 0 saturated heterocycles. The molecule has 0 aliphatic heterocycles. The molecular formula is C24H23ClN4O. The van der Waals surface area contributed by atoms with E-state index in [0.29, 0.717) is 23.0 Å². The molecule has 2 aromatic heterocycles. The number of nitriles is 1. The maximum absolute atomic E-state index is 9.86. The van der Waals surface area contributed by atoms with Gasteiger partial charge in [0.15, 0.2) is 5.15 Å². The summed E-state index contributed by atoms with van der Waals surface area (Å²) in [5.41, 5.74) is 4.28. The lowest BCUT2D eigenvalue weighted by Crippen LogP contribution is -2.09. The number of nitrogens with zero attached hydrogens (tertiary/aromatic N) is 4. The minimum Gasteiger partial charge on any atom is -0.390 e. The first-order valence-corrected chi connectivity index (χ1v) is 10.5. The summed E-state index contributed by atoms with van der Waals surface area (Å²) in [4.78, 5) is 4.50. The lowest BCUT2D eigenvalue weighted by atomic mass is 10.1. The van der Waals surface area contributed by atoms with Crippen molar-refractivity contribution in [2.75, 3.05) is 0 Å². The van der Waals surface area contributed by atoms with Gasteiger partial charge in [-0.15, -0.1) is 0 Å². The Kier molecular flexibility index (Phi) is 5.89. The highest BCUT2D eigenvalue weighted by molar-refractivity contribution is 6.30. The maximum atomic E-state index is 9.86. The molecule has 0 bridgehead atoms. The number of hydrogen-bond donors (Lipinski definition) is 1. The Bertz CT molecular complexity index is 1230. The number of aryl methyl sites for hydroxylation is 1. The molecule has 0 fully saturated rings. The third kappa shape index (κ3) is 3.60. The summed E-state index contributed by atoms with van der Waals surface area (Å²) in [5, 5.41) is 20.8. The van der Waals surface area contributed by atoms with E-state index in [-0.39, 0.29) is 6.61 Å². The summed E-state index contributed by atoms with van der Waals surface area (Å²) in [7, 11) is 0. The van der Waals surface area contributed by atoms with Gasteiger partial charge < -0.3 is 14.2 Å². The fourth-order valence-corrected chi connectivity index (χ4v) is 4.16. The Morgan fingerprint density at radius 2 is 1.97 bits per heavy atom. The van der Waals surface area contributed by atoms with Gasteiger partial charge in [-0.05, 0) is 36.2 Å². The smallest absolute Gasteiger partial charge is 0.152 e. The van der Waals surface area contributed by atoms with E-state index in [4.69, 9.17) is 11.6 Å². The molecule has 5 nitrogen and oxygen atoms in total. The molecule has 0 amide bonds. The van der Waals surface area contributed by atoms with E-state index < -0.39 is 0 Å². The zero-order chi connectivity index (χ0) is 21.1. The molecule has 0 spiro atoms. The highest BCUT2D eigenvalue weighted by Gasteiger charge is 2.17. The fourth-order valence-electron chi connectivity index (χ4n) is 3.90.